The summed E-state index contributed by atoms with van der Waals surface area (Å²) in [6.45, 7) is 0. The van der Waals surface area contributed by atoms with E-state index in [0.717, 1.165) is 18.5 Å². The number of alkyl halides is 3. The lowest BCUT2D eigenvalue weighted by Crippen LogP contribution is -2.46. The van der Waals surface area contributed by atoms with Crippen LogP contribution in [0.4, 0.5) is 13.2 Å². The Bertz CT molecular complexity index is 281. The molecule has 0 saturated heterocycles. The number of carbonyl (C=O) groups is 2. The summed E-state index contributed by atoms with van der Waals surface area (Å²) in [5.41, 5.74) is 0. The molecule has 0 unspecified atom stereocenters. The summed E-state index contributed by atoms with van der Waals surface area (Å²) in [6, 6.07) is -0.801. The summed E-state index contributed by atoms with van der Waals surface area (Å²) in [6.07, 6.45) is -5.14. The SMILES string of the molecule is COC(=O)[C@@H](C#N)NC(=O)C(F)(F)F. The van der Waals surface area contributed by atoms with Gasteiger partial charge in [0, 0.05) is 0 Å². The Labute approximate surface area is 76.4 Å². The van der Waals surface area contributed by atoms with Crippen LogP contribution in [-0.4, -0.2) is 31.2 Å². The van der Waals surface area contributed by atoms with Crippen molar-refractivity contribution in [2.24, 2.45) is 0 Å². The summed E-state index contributed by atoms with van der Waals surface area (Å²) in [7, 11) is 0.881. The Morgan fingerprint density at radius 3 is 2.29 bits per heavy atom. The van der Waals surface area contributed by atoms with Crippen LogP contribution < -0.4 is 5.32 Å². The van der Waals surface area contributed by atoms with Gasteiger partial charge in [0.25, 0.3) is 0 Å². The molecular formula is C6H5F3N2O3. The van der Waals surface area contributed by atoms with Crippen LogP contribution >= 0.6 is 0 Å². The van der Waals surface area contributed by atoms with Gasteiger partial charge in [-0.3, -0.25) is 4.79 Å². The third kappa shape index (κ3) is 3.30. The first-order chi connectivity index (χ1) is 6.32. The zero-order chi connectivity index (χ0) is 11.4. The molecule has 0 spiro atoms. The smallest absolute Gasteiger partial charge is 0.467 e. The second-order valence-corrected chi connectivity index (χ2v) is 2.06. The van der Waals surface area contributed by atoms with Gasteiger partial charge in [-0.2, -0.15) is 18.4 Å². The highest BCUT2D eigenvalue weighted by molar-refractivity contribution is 5.89. The van der Waals surface area contributed by atoms with E-state index in [9.17, 15) is 22.8 Å². The quantitative estimate of drug-likeness (QED) is 0.636. The van der Waals surface area contributed by atoms with Crippen molar-refractivity contribution < 1.29 is 27.5 Å². The molecular weight excluding hydrogens is 205 g/mol. The van der Waals surface area contributed by atoms with Gasteiger partial charge in [0.15, 0.2) is 0 Å². The van der Waals surface area contributed by atoms with Gasteiger partial charge in [-0.15, -0.1) is 0 Å². The van der Waals surface area contributed by atoms with Crippen LogP contribution in [0.15, 0.2) is 0 Å². The molecule has 8 heteroatoms. The predicted molar refractivity (Wildman–Crippen MR) is 35.6 cm³/mol. The van der Waals surface area contributed by atoms with Crippen LogP contribution in [0.1, 0.15) is 0 Å². The summed E-state index contributed by atoms with van der Waals surface area (Å²) in [5.74, 6) is -3.63. The van der Waals surface area contributed by atoms with E-state index in [1.165, 1.54) is 0 Å². The number of hydrogen-bond acceptors (Lipinski definition) is 4. The monoisotopic (exact) mass is 210 g/mol. The predicted octanol–water partition coefficient (Wildman–Crippen LogP) is -0.270. The molecule has 0 rings (SSSR count). The molecule has 78 valence electrons. The molecule has 0 aliphatic heterocycles. The first-order valence-electron chi connectivity index (χ1n) is 3.18. The van der Waals surface area contributed by atoms with E-state index in [2.05, 4.69) is 4.74 Å². The Hall–Kier alpha value is -1.78. The molecule has 0 bridgehead atoms. The number of nitrogens with zero attached hydrogens (tertiary/aromatic N) is 1. The number of rotatable bonds is 2. The van der Waals surface area contributed by atoms with Crippen molar-refractivity contribution in [2.75, 3.05) is 7.11 Å². The molecule has 1 atom stereocenters. The molecule has 1 amide bonds. The standard InChI is InChI=1S/C6H5F3N2O3/c1-14-4(12)3(2-10)11-5(13)6(7,8)9/h3H,1H3,(H,11,13)/t3-/m1/s1. The van der Waals surface area contributed by atoms with Gasteiger partial charge in [0.05, 0.1) is 13.2 Å². The molecule has 0 aromatic rings. The zero-order valence-electron chi connectivity index (χ0n) is 6.88. The molecule has 0 aliphatic rings. The second kappa shape index (κ2) is 4.45. The number of esters is 1. The van der Waals surface area contributed by atoms with Gasteiger partial charge in [-0.1, -0.05) is 0 Å². The van der Waals surface area contributed by atoms with Crippen LogP contribution in [0.3, 0.4) is 0 Å². The highest BCUT2D eigenvalue weighted by Crippen LogP contribution is 2.14. The van der Waals surface area contributed by atoms with Crippen molar-refractivity contribution in [1.82, 2.24) is 5.32 Å². The molecule has 5 nitrogen and oxygen atoms in total. The van der Waals surface area contributed by atoms with E-state index in [4.69, 9.17) is 5.26 Å². The Morgan fingerprint density at radius 1 is 1.50 bits per heavy atom. The minimum atomic E-state index is -5.14. The van der Waals surface area contributed by atoms with Gasteiger partial charge in [-0.25, -0.2) is 4.79 Å². The molecule has 0 aliphatic carbocycles. The largest absolute Gasteiger partial charge is 0.471 e. The van der Waals surface area contributed by atoms with Crippen LogP contribution in [0.2, 0.25) is 0 Å². The number of carbonyl (C=O) groups excluding carboxylic acids is 2. The van der Waals surface area contributed by atoms with Crippen molar-refractivity contribution in [3.05, 3.63) is 0 Å². The third-order valence-electron chi connectivity index (χ3n) is 1.10. The first kappa shape index (κ1) is 12.2. The van der Waals surface area contributed by atoms with E-state index in [-0.39, 0.29) is 0 Å². The normalized spacial score (nSPS) is 12.5. The third-order valence-corrected chi connectivity index (χ3v) is 1.10. The van der Waals surface area contributed by atoms with Crippen molar-refractivity contribution in [3.8, 4) is 6.07 Å². The Morgan fingerprint density at radius 2 is 2.00 bits per heavy atom. The van der Waals surface area contributed by atoms with Gasteiger partial charge in [0.1, 0.15) is 0 Å². The summed E-state index contributed by atoms with van der Waals surface area (Å²) < 4.78 is 38.9. The van der Waals surface area contributed by atoms with E-state index < -0.39 is 24.1 Å². The van der Waals surface area contributed by atoms with E-state index >= 15 is 0 Å². The second-order valence-electron chi connectivity index (χ2n) is 2.06. The Kier molecular flexibility index (Phi) is 3.89. The van der Waals surface area contributed by atoms with Crippen molar-refractivity contribution in [1.29, 1.82) is 5.26 Å². The maximum absolute atomic E-state index is 11.6. The maximum Gasteiger partial charge on any atom is 0.471 e. The molecule has 1 N–H and O–H groups in total. The summed E-state index contributed by atoms with van der Waals surface area (Å²) in [4.78, 5) is 20.8. The van der Waals surface area contributed by atoms with Crippen molar-refractivity contribution in [3.63, 3.8) is 0 Å². The fourth-order valence-corrected chi connectivity index (χ4v) is 0.475. The fourth-order valence-electron chi connectivity index (χ4n) is 0.475. The molecule has 14 heavy (non-hydrogen) atoms. The average Bonchev–Trinajstić information content (AvgIpc) is 2.10. The number of nitriles is 1. The van der Waals surface area contributed by atoms with Gasteiger partial charge in [0.2, 0.25) is 6.04 Å². The number of hydrogen-bond donors (Lipinski definition) is 1. The van der Waals surface area contributed by atoms with Crippen molar-refractivity contribution in [2.45, 2.75) is 12.2 Å². The van der Waals surface area contributed by atoms with Gasteiger partial charge in [-0.05, 0) is 0 Å². The summed E-state index contributed by atoms with van der Waals surface area (Å²) in [5, 5.41) is 9.37. The minimum absolute atomic E-state index is 0.881. The molecule has 0 heterocycles. The lowest BCUT2D eigenvalue weighted by Gasteiger charge is -2.10. The van der Waals surface area contributed by atoms with Crippen LogP contribution in [-0.2, 0) is 14.3 Å². The minimum Gasteiger partial charge on any atom is -0.467 e. The number of nitrogens with one attached hydrogen (secondary N) is 1. The Balaban J connectivity index is 4.44. The number of ether oxygens (including phenoxy) is 1. The number of amides is 1. The number of methoxy groups -OCH3 is 1. The molecule has 0 fully saturated rings. The zero-order valence-corrected chi connectivity index (χ0v) is 6.88. The maximum atomic E-state index is 11.6. The highest BCUT2D eigenvalue weighted by Gasteiger charge is 2.41. The van der Waals surface area contributed by atoms with Crippen LogP contribution in [0.5, 0.6) is 0 Å². The first-order valence-corrected chi connectivity index (χ1v) is 3.18. The highest BCUT2D eigenvalue weighted by atomic mass is 19.4. The lowest BCUT2D eigenvalue weighted by atomic mass is 10.3. The average molecular weight is 210 g/mol. The van der Waals surface area contributed by atoms with E-state index in [1.807, 2.05) is 0 Å². The fraction of sp³-hybridized carbons (Fsp3) is 0.500. The number of halogens is 3. The van der Waals surface area contributed by atoms with Gasteiger partial charge >= 0.3 is 18.1 Å². The van der Waals surface area contributed by atoms with E-state index in [0.29, 0.717) is 0 Å². The van der Waals surface area contributed by atoms with Crippen molar-refractivity contribution >= 4 is 11.9 Å². The topological polar surface area (TPSA) is 79.2 Å². The molecule has 0 saturated carbocycles. The molecule has 0 aromatic carbocycles. The van der Waals surface area contributed by atoms with Crippen LogP contribution in [0.25, 0.3) is 0 Å². The summed E-state index contributed by atoms with van der Waals surface area (Å²) >= 11 is 0. The van der Waals surface area contributed by atoms with E-state index in [1.54, 1.807) is 0 Å². The van der Waals surface area contributed by atoms with Crippen LogP contribution in [0, 0.1) is 11.3 Å². The lowest BCUT2D eigenvalue weighted by molar-refractivity contribution is -0.175. The molecule has 0 radical (unpaired) electrons. The molecule has 0 aromatic heterocycles. The van der Waals surface area contributed by atoms with Gasteiger partial charge < -0.3 is 10.1 Å².